The van der Waals surface area contributed by atoms with Crippen LogP contribution in [0.4, 0.5) is 4.39 Å². The average molecular weight is 269 g/mol. The molecule has 2 rings (SSSR count). The first-order valence-corrected chi connectivity index (χ1v) is 7.03. The minimum absolute atomic E-state index is 0.0219. The number of benzene rings is 1. The van der Waals surface area contributed by atoms with E-state index < -0.39 is 5.82 Å². The van der Waals surface area contributed by atoms with Gasteiger partial charge in [-0.2, -0.15) is 0 Å². The highest BCUT2D eigenvalue weighted by Crippen LogP contribution is 2.28. The van der Waals surface area contributed by atoms with Crippen molar-refractivity contribution in [2.24, 2.45) is 5.92 Å². The van der Waals surface area contributed by atoms with Crippen LogP contribution >= 0.6 is 11.6 Å². The van der Waals surface area contributed by atoms with Gasteiger partial charge in [-0.25, -0.2) is 4.39 Å². The van der Waals surface area contributed by atoms with Gasteiger partial charge in [-0.3, -0.25) is 4.79 Å². The molecule has 0 saturated heterocycles. The zero-order valence-electron chi connectivity index (χ0n) is 10.4. The summed E-state index contributed by atoms with van der Waals surface area (Å²) >= 11 is 5.95. The summed E-state index contributed by atoms with van der Waals surface area (Å²) in [6.07, 6.45) is 7.67. The Balaban J connectivity index is 2.04. The highest BCUT2D eigenvalue weighted by Gasteiger charge is 2.19. The van der Waals surface area contributed by atoms with Crippen LogP contribution < -0.4 is 0 Å². The second-order valence-electron chi connectivity index (χ2n) is 5.11. The lowest BCUT2D eigenvalue weighted by atomic mass is 9.92. The van der Waals surface area contributed by atoms with Crippen LogP contribution in [0.1, 0.15) is 55.3 Å². The molecule has 0 unspecified atom stereocenters. The van der Waals surface area contributed by atoms with Gasteiger partial charge in [0.25, 0.3) is 0 Å². The Morgan fingerprint density at radius 1 is 1.22 bits per heavy atom. The number of ketones is 1. The molecule has 0 radical (unpaired) electrons. The summed E-state index contributed by atoms with van der Waals surface area (Å²) in [7, 11) is 0. The van der Waals surface area contributed by atoms with Crippen molar-refractivity contribution in [2.45, 2.75) is 44.9 Å². The smallest absolute Gasteiger partial charge is 0.164 e. The summed E-state index contributed by atoms with van der Waals surface area (Å²) in [5.74, 6) is 0.0225. The van der Waals surface area contributed by atoms with E-state index in [1.54, 1.807) is 0 Å². The molecule has 1 saturated carbocycles. The number of Topliss-reactive ketones (excluding diaryl/α,β-unsaturated/α-hetero) is 1. The topological polar surface area (TPSA) is 17.1 Å². The highest BCUT2D eigenvalue weighted by molar-refractivity contribution is 6.33. The molecule has 98 valence electrons. The highest BCUT2D eigenvalue weighted by atomic mass is 35.5. The van der Waals surface area contributed by atoms with Crippen molar-refractivity contribution in [3.05, 3.63) is 34.6 Å². The van der Waals surface area contributed by atoms with E-state index in [1.807, 2.05) is 0 Å². The van der Waals surface area contributed by atoms with Gasteiger partial charge >= 0.3 is 0 Å². The third kappa shape index (κ3) is 3.55. The zero-order valence-corrected chi connectivity index (χ0v) is 11.2. The normalized spacial score (nSPS) is 17.4. The van der Waals surface area contributed by atoms with Crippen LogP contribution in [0, 0.1) is 11.7 Å². The number of halogens is 2. The molecule has 0 atom stereocenters. The van der Waals surface area contributed by atoms with Crippen LogP contribution in [0.5, 0.6) is 0 Å². The minimum atomic E-state index is -0.399. The molecule has 18 heavy (non-hydrogen) atoms. The standard InChI is InChI=1S/C15H18ClFO/c16-14-8-7-12(17)10-13(14)15(18)9-11-5-3-1-2-4-6-11/h7-8,10-11H,1-6,9H2. The van der Waals surface area contributed by atoms with Crippen molar-refractivity contribution in [3.63, 3.8) is 0 Å². The molecule has 1 nitrogen and oxygen atoms in total. The van der Waals surface area contributed by atoms with Crippen molar-refractivity contribution in [1.82, 2.24) is 0 Å². The minimum Gasteiger partial charge on any atom is -0.294 e. The largest absolute Gasteiger partial charge is 0.294 e. The monoisotopic (exact) mass is 268 g/mol. The summed E-state index contributed by atoms with van der Waals surface area (Å²) in [5.41, 5.74) is 0.334. The Kier molecular flexibility index (Phi) is 4.76. The molecule has 0 heterocycles. The Hall–Kier alpha value is -0.890. The van der Waals surface area contributed by atoms with Crippen LogP contribution in [-0.2, 0) is 0 Å². The van der Waals surface area contributed by atoms with Crippen LogP contribution in [0.2, 0.25) is 5.02 Å². The molecule has 0 N–H and O–H groups in total. The number of carbonyl (C=O) groups is 1. The molecule has 0 bridgehead atoms. The van der Waals surface area contributed by atoms with E-state index in [9.17, 15) is 9.18 Å². The molecule has 0 aromatic heterocycles. The van der Waals surface area contributed by atoms with E-state index >= 15 is 0 Å². The third-order valence-electron chi connectivity index (χ3n) is 3.68. The fourth-order valence-corrected chi connectivity index (χ4v) is 2.87. The van der Waals surface area contributed by atoms with Crippen molar-refractivity contribution >= 4 is 17.4 Å². The van der Waals surface area contributed by atoms with Crippen molar-refractivity contribution in [1.29, 1.82) is 0 Å². The number of hydrogen-bond donors (Lipinski definition) is 0. The lowest BCUT2D eigenvalue weighted by molar-refractivity contribution is 0.0956. The van der Waals surface area contributed by atoms with Crippen molar-refractivity contribution in [3.8, 4) is 0 Å². The van der Waals surface area contributed by atoms with Crippen LogP contribution in [0.15, 0.2) is 18.2 Å². The van der Waals surface area contributed by atoms with E-state index in [-0.39, 0.29) is 5.78 Å². The van der Waals surface area contributed by atoms with E-state index in [2.05, 4.69) is 0 Å². The Labute approximate surface area is 112 Å². The quantitative estimate of drug-likeness (QED) is 0.555. The maximum atomic E-state index is 13.1. The molecule has 1 aliphatic carbocycles. The Morgan fingerprint density at radius 2 is 1.89 bits per heavy atom. The van der Waals surface area contributed by atoms with Gasteiger partial charge in [-0.05, 0) is 24.1 Å². The van der Waals surface area contributed by atoms with Gasteiger partial charge in [0.2, 0.25) is 0 Å². The van der Waals surface area contributed by atoms with Crippen molar-refractivity contribution < 1.29 is 9.18 Å². The van der Waals surface area contributed by atoms with Gasteiger partial charge in [0.1, 0.15) is 5.82 Å². The molecule has 0 aliphatic heterocycles. The zero-order chi connectivity index (χ0) is 13.0. The molecular formula is C15H18ClFO. The van der Waals surface area contributed by atoms with Crippen LogP contribution in [0.3, 0.4) is 0 Å². The van der Waals surface area contributed by atoms with Crippen LogP contribution in [-0.4, -0.2) is 5.78 Å². The summed E-state index contributed by atoms with van der Waals surface area (Å²) in [4.78, 5) is 12.1. The van der Waals surface area contributed by atoms with Gasteiger partial charge in [0, 0.05) is 12.0 Å². The Bertz CT molecular complexity index is 423. The molecule has 1 aliphatic rings. The maximum Gasteiger partial charge on any atom is 0.164 e. The number of hydrogen-bond acceptors (Lipinski definition) is 1. The summed E-state index contributed by atoms with van der Waals surface area (Å²) < 4.78 is 13.1. The van der Waals surface area contributed by atoms with E-state index in [0.29, 0.717) is 22.9 Å². The molecule has 0 spiro atoms. The summed E-state index contributed by atoms with van der Waals surface area (Å²) in [6, 6.07) is 3.99. The molecule has 0 amide bonds. The van der Waals surface area contributed by atoms with Gasteiger partial charge in [0.05, 0.1) is 5.02 Å². The van der Waals surface area contributed by atoms with E-state index in [4.69, 9.17) is 11.6 Å². The molecular weight excluding hydrogens is 251 g/mol. The first-order chi connectivity index (χ1) is 8.66. The maximum absolute atomic E-state index is 13.1. The van der Waals surface area contributed by atoms with E-state index in [1.165, 1.54) is 43.9 Å². The second-order valence-corrected chi connectivity index (χ2v) is 5.52. The van der Waals surface area contributed by atoms with Gasteiger partial charge in [0.15, 0.2) is 5.78 Å². The third-order valence-corrected chi connectivity index (χ3v) is 4.01. The number of carbonyl (C=O) groups excluding carboxylic acids is 1. The second kappa shape index (κ2) is 6.33. The predicted molar refractivity (Wildman–Crippen MR) is 71.5 cm³/mol. The first-order valence-electron chi connectivity index (χ1n) is 6.65. The van der Waals surface area contributed by atoms with Gasteiger partial charge in [-0.1, -0.05) is 50.1 Å². The van der Waals surface area contributed by atoms with Gasteiger partial charge < -0.3 is 0 Å². The molecule has 3 heteroatoms. The average Bonchev–Trinajstić information content (AvgIpc) is 2.61. The van der Waals surface area contributed by atoms with Gasteiger partial charge in [-0.15, -0.1) is 0 Å². The number of rotatable bonds is 3. The fourth-order valence-electron chi connectivity index (χ4n) is 2.65. The van der Waals surface area contributed by atoms with Crippen LogP contribution in [0.25, 0.3) is 0 Å². The van der Waals surface area contributed by atoms with Crippen molar-refractivity contribution in [2.75, 3.05) is 0 Å². The first kappa shape index (κ1) is 13.5. The molecule has 1 aromatic carbocycles. The Morgan fingerprint density at radius 3 is 2.56 bits per heavy atom. The fraction of sp³-hybridized carbons (Fsp3) is 0.533. The molecule has 1 aromatic rings. The SMILES string of the molecule is O=C(CC1CCCCCC1)c1cc(F)ccc1Cl. The van der Waals surface area contributed by atoms with E-state index in [0.717, 1.165) is 12.8 Å². The summed E-state index contributed by atoms with van der Waals surface area (Å²) in [5, 5.41) is 0.357. The molecule has 1 fully saturated rings. The predicted octanol–water partition coefficient (Wildman–Crippen LogP) is 5.02. The lowest BCUT2D eigenvalue weighted by Crippen LogP contribution is -2.09. The summed E-state index contributed by atoms with van der Waals surface area (Å²) in [6.45, 7) is 0. The lowest BCUT2D eigenvalue weighted by Gasteiger charge is -2.13.